The molecule has 1 atom stereocenters. The summed E-state index contributed by atoms with van der Waals surface area (Å²) >= 11 is 1.58. The predicted molar refractivity (Wildman–Crippen MR) is 171 cm³/mol. The van der Waals surface area contributed by atoms with E-state index in [4.69, 9.17) is 14.2 Å². The van der Waals surface area contributed by atoms with Gasteiger partial charge in [0.15, 0.2) is 0 Å². The van der Waals surface area contributed by atoms with Crippen LogP contribution >= 0.6 is 11.3 Å². The van der Waals surface area contributed by atoms with Gasteiger partial charge in [-0.15, -0.1) is 11.3 Å². The Morgan fingerprint density at radius 3 is 2.11 bits per heavy atom. The fourth-order valence-corrected chi connectivity index (χ4v) is 5.96. The van der Waals surface area contributed by atoms with E-state index in [0.717, 1.165) is 27.5 Å². The fourth-order valence-electron chi connectivity index (χ4n) is 5.26. The number of rotatable bonds is 16. The summed E-state index contributed by atoms with van der Waals surface area (Å²) in [6.45, 7) is 2.51. The van der Waals surface area contributed by atoms with E-state index < -0.39 is 12.0 Å². The number of methoxy groups -OCH3 is 2. The summed E-state index contributed by atoms with van der Waals surface area (Å²) in [4.78, 5) is 59.3. The second kappa shape index (κ2) is 16.6. The Morgan fingerprint density at radius 1 is 0.889 bits per heavy atom. The zero-order chi connectivity index (χ0) is 32.2. The number of esters is 1. The average Bonchev–Trinajstić information content (AvgIpc) is 3.58. The second-order valence-electron chi connectivity index (χ2n) is 10.7. The SMILES string of the molecule is CCOC(=O)CN(CCc1ccc(OC)cc1)C(=O)CC1C(=O)N(CCc2ccc(OC)cc2)CC(=O)N1CCc1cccs1. The van der Waals surface area contributed by atoms with E-state index in [2.05, 4.69) is 0 Å². The van der Waals surface area contributed by atoms with Gasteiger partial charge in [-0.1, -0.05) is 30.3 Å². The van der Waals surface area contributed by atoms with Crippen molar-refractivity contribution in [3.8, 4) is 11.5 Å². The Kier molecular flexibility index (Phi) is 12.4. The van der Waals surface area contributed by atoms with Crippen LogP contribution in [-0.4, -0.2) is 98.0 Å². The lowest BCUT2D eigenvalue weighted by atomic mass is 10.0. The van der Waals surface area contributed by atoms with Gasteiger partial charge in [0.25, 0.3) is 0 Å². The third-order valence-electron chi connectivity index (χ3n) is 7.80. The van der Waals surface area contributed by atoms with Gasteiger partial charge in [-0.25, -0.2) is 0 Å². The first-order valence-electron chi connectivity index (χ1n) is 15.1. The Hall–Kier alpha value is -4.38. The van der Waals surface area contributed by atoms with E-state index in [1.54, 1.807) is 37.4 Å². The van der Waals surface area contributed by atoms with E-state index >= 15 is 0 Å². The van der Waals surface area contributed by atoms with Gasteiger partial charge in [-0.05, 0) is 73.0 Å². The molecule has 0 radical (unpaired) electrons. The molecular formula is C34H41N3O7S. The summed E-state index contributed by atoms with van der Waals surface area (Å²) in [5, 5.41) is 1.97. The van der Waals surface area contributed by atoms with Gasteiger partial charge in [0.05, 0.1) is 33.8 Å². The van der Waals surface area contributed by atoms with Crippen LogP contribution in [0.25, 0.3) is 0 Å². The molecule has 1 aliphatic rings. The molecule has 1 unspecified atom stereocenters. The largest absolute Gasteiger partial charge is 0.497 e. The van der Waals surface area contributed by atoms with Crippen LogP contribution in [0.2, 0.25) is 0 Å². The average molecular weight is 636 g/mol. The fraction of sp³-hybridized carbons (Fsp3) is 0.412. The minimum absolute atomic E-state index is 0.0475. The maximum absolute atomic E-state index is 13.9. The van der Waals surface area contributed by atoms with Crippen LogP contribution in [0.1, 0.15) is 29.3 Å². The Balaban J connectivity index is 1.51. The van der Waals surface area contributed by atoms with Crippen molar-refractivity contribution in [1.29, 1.82) is 0 Å². The quantitative estimate of drug-likeness (QED) is 0.222. The lowest BCUT2D eigenvalue weighted by Gasteiger charge is -2.40. The van der Waals surface area contributed by atoms with Crippen LogP contribution in [0.5, 0.6) is 11.5 Å². The summed E-state index contributed by atoms with van der Waals surface area (Å²) in [7, 11) is 3.20. The number of carbonyl (C=O) groups is 4. The summed E-state index contributed by atoms with van der Waals surface area (Å²) < 4.78 is 15.6. The van der Waals surface area contributed by atoms with Gasteiger partial charge >= 0.3 is 5.97 Å². The lowest BCUT2D eigenvalue weighted by molar-refractivity contribution is -0.158. The van der Waals surface area contributed by atoms with Crippen LogP contribution < -0.4 is 9.47 Å². The lowest BCUT2D eigenvalue weighted by Crippen LogP contribution is -2.61. The van der Waals surface area contributed by atoms with E-state index in [-0.39, 0.29) is 50.4 Å². The van der Waals surface area contributed by atoms with E-state index in [0.29, 0.717) is 32.4 Å². The maximum Gasteiger partial charge on any atom is 0.325 e. The molecule has 10 nitrogen and oxygen atoms in total. The van der Waals surface area contributed by atoms with Crippen LogP contribution in [0.3, 0.4) is 0 Å². The molecule has 1 aliphatic heterocycles. The molecule has 1 saturated heterocycles. The van der Waals surface area contributed by atoms with Crippen LogP contribution in [0.4, 0.5) is 0 Å². The molecule has 1 fully saturated rings. The molecule has 3 aromatic rings. The summed E-state index contributed by atoms with van der Waals surface area (Å²) in [6.07, 6.45) is 1.39. The van der Waals surface area contributed by atoms with Crippen molar-refractivity contribution in [1.82, 2.24) is 14.7 Å². The molecule has 4 rings (SSSR count). The minimum Gasteiger partial charge on any atom is -0.497 e. The summed E-state index contributed by atoms with van der Waals surface area (Å²) in [5.74, 6) is 0.0750. The van der Waals surface area contributed by atoms with Gasteiger partial charge < -0.3 is 28.9 Å². The van der Waals surface area contributed by atoms with Crippen molar-refractivity contribution in [2.24, 2.45) is 0 Å². The second-order valence-corrected chi connectivity index (χ2v) is 11.7. The summed E-state index contributed by atoms with van der Waals surface area (Å²) in [6, 6.07) is 18.0. The highest BCUT2D eigenvalue weighted by Gasteiger charge is 2.41. The zero-order valence-corrected chi connectivity index (χ0v) is 26.9. The van der Waals surface area contributed by atoms with Crippen molar-refractivity contribution >= 4 is 35.0 Å². The molecule has 3 amide bonds. The number of ether oxygens (including phenoxy) is 3. The van der Waals surface area contributed by atoms with Crippen LogP contribution in [-0.2, 0) is 43.2 Å². The highest BCUT2D eigenvalue weighted by Crippen LogP contribution is 2.21. The minimum atomic E-state index is -0.972. The zero-order valence-electron chi connectivity index (χ0n) is 26.1. The Bertz CT molecular complexity index is 1410. The number of piperazine rings is 1. The van der Waals surface area contributed by atoms with Gasteiger partial charge in [-0.3, -0.25) is 19.2 Å². The molecule has 45 heavy (non-hydrogen) atoms. The molecule has 1 aromatic heterocycles. The predicted octanol–water partition coefficient (Wildman–Crippen LogP) is 3.61. The van der Waals surface area contributed by atoms with E-state index in [9.17, 15) is 19.2 Å². The highest BCUT2D eigenvalue weighted by atomic mass is 32.1. The molecule has 0 aliphatic carbocycles. The number of benzene rings is 2. The first-order valence-corrected chi connectivity index (χ1v) is 16.0. The number of hydrogen-bond donors (Lipinski definition) is 0. The summed E-state index contributed by atoms with van der Waals surface area (Å²) in [5.41, 5.74) is 1.96. The van der Waals surface area contributed by atoms with E-state index in [1.807, 2.05) is 66.0 Å². The van der Waals surface area contributed by atoms with Gasteiger partial charge in [0.2, 0.25) is 17.7 Å². The van der Waals surface area contributed by atoms with Crippen LogP contribution in [0, 0.1) is 0 Å². The molecule has 11 heteroatoms. The van der Waals surface area contributed by atoms with Gasteiger partial charge in [0, 0.05) is 24.5 Å². The van der Waals surface area contributed by atoms with Crippen molar-refractivity contribution < 1.29 is 33.4 Å². The number of nitrogens with zero attached hydrogens (tertiary/aromatic N) is 3. The molecule has 0 spiro atoms. The van der Waals surface area contributed by atoms with Gasteiger partial charge in [0.1, 0.15) is 24.1 Å². The number of carbonyl (C=O) groups excluding carboxylic acids is 4. The Labute approximate surface area is 268 Å². The number of amides is 3. The third-order valence-corrected chi connectivity index (χ3v) is 8.74. The van der Waals surface area contributed by atoms with Crippen molar-refractivity contribution in [2.75, 3.05) is 53.6 Å². The standard InChI is InChI=1S/C34H41N3O7S/c1-4-44-33(40)24-35(18-15-25-7-11-27(42-2)12-8-25)31(38)22-30-34(41)36(19-16-26-9-13-28(43-3)14-10-26)23-32(39)37(30)20-17-29-6-5-21-45-29/h5-14,21,30H,4,15-20,22-24H2,1-3H3. The molecule has 0 N–H and O–H groups in total. The topological polar surface area (TPSA) is 106 Å². The third kappa shape index (κ3) is 9.55. The molecule has 240 valence electrons. The molecular weight excluding hydrogens is 594 g/mol. The monoisotopic (exact) mass is 635 g/mol. The first-order chi connectivity index (χ1) is 21.8. The van der Waals surface area contributed by atoms with Crippen LogP contribution in [0.15, 0.2) is 66.0 Å². The molecule has 0 bridgehead atoms. The van der Waals surface area contributed by atoms with Gasteiger partial charge in [-0.2, -0.15) is 0 Å². The Morgan fingerprint density at radius 2 is 1.53 bits per heavy atom. The smallest absolute Gasteiger partial charge is 0.325 e. The van der Waals surface area contributed by atoms with Crippen molar-refractivity contribution in [3.63, 3.8) is 0 Å². The molecule has 2 aromatic carbocycles. The van der Waals surface area contributed by atoms with Crippen molar-refractivity contribution in [2.45, 2.75) is 38.6 Å². The highest BCUT2D eigenvalue weighted by molar-refractivity contribution is 7.09. The molecule has 2 heterocycles. The number of thiophene rings is 1. The normalized spacial score (nSPS) is 14.8. The maximum atomic E-state index is 13.9. The first kappa shape index (κ1) is 33.5. The van der Waals surface area contributed by atoms with Crippen molar-refractivity contribution in [3.05, 3.63) is 82.0 Å². The molecule has 0 saturated carbocycles. The van der Waals surface area contributed by atoms with E-state index in [1.165, 1.54) is 9.80 Å². The number of hydrogen-bond acceptors (Lipinski definition) is 8.